The van der Waals surface area contributed by atoms with Crippen LogP contribution in [0.25, 0.3) is 15.7 Å². The van der Waals surface area contributed by atoms with Gasteiger partial charge in [-0.2, -0.15) is 13.2 Å². The van der Waals surface area contributed by atoms with Crippen LogP contribution >= 0.6 is 0 Å². The topological polar surface area (TPSA) is 51.2 Å². The Kier molecular flexibility index (Phi) is 7.74. The molecule has 3 aromatic carbocycles. The van der Waals surface area contributed by atoms with E-state index in [1.54, 1.807) is 34.8 Å². The molecular formula is C31H30F3N3O3. The van der Waals surface area contributed by atoms with Crippen molar-refractivity contribution in [2.24, 2.45) is 0 Å². The minimum Gasteiger partial charge on any atom is -0.493 e. The third-order valence-corrected chi connectivity index (χ3v) is 7.45. The van der Waals surface area contributed by atoms with E-state index in [1.807, 2.05) is 42.5 Å². The van der Waals surface area contributed by atoms with Gasteiger partial charge in [0.1, 0.15) is 6.10 Å². The summed E-state index contributed by atoms with van der Waals surface area (Å²) in [6.07, 6.45) is -2.70. The van der Waals surface area contributed by atoms with Crippen molar-refractivity contribution in [3.63, 3.8) is 0 Å². The van der Waals surface area contributed by atoms with Crippen LogP contribution in [0.4, 0.5) is 18.9 Å². The molecule has 1 fully saturated rings. The third kappa shape index (κ3) is 5.51. The number of hydrogen-bond acceptors (Lipinski definition) is 4. The summed E-state index contributed by atoms with van der Waals surface area (Å²) < 4.78 is 57.3. The zero-order valence-corrected chi connectivity index (χ0v) is 22.1. The molecule has 5 rings (SSSR count). The Balaban J connectivity index is 1.41. The fourth-order valence-corrected chi connectivity index (χ4v) is 5.32. The number of β-amino-alcohol motifs (C(OH)–C–C–N with tert-alkyl or cyclic N) is 1. The van der Waals surface area contributed by atoms with Crippen LogP contribution < -0.4 is 9.47 Å². The van der Waals surface area contributed by atoms with Gasteiger partial charge in [0.2, 0.25) is 5.60 Å². The zero-order chi connectivity index (χ0) is 28.3. The standard InChI is InChI=1S/C31H30F3N3O3/c1-35-23-12-13-25-26(20-37(27(25)18-23)19-22-8-4-3-5-9-22)30(38,31(32,33)34)21-36-16-14-24(15-17-36)40-29-11-7-6-10-28(29)39-2/h3-13,18,20,24,38H,14-17,19,21H2,2H3. The number of para-hydroxylation sites is 2. The molecule has 1 saturated heterocycles. The highest BCUT2D eigenvalue weighted by atomic mass is 19.4. The number of rotatable bonds is 8. The lowest BCUT2D eigenvalue weighted by Crippen LogP contribution is -2.53. The van der Waals surface area contributed by atoms with Crippen molar-refractivity contribution in [1.29, 1.82) is 0 Å². The Morgan fingerprint density at radius 1 is 0.975 bits per heavy atom. The second-order valence-electron chi connectivity index (χ2n) is 10.1. The summed E-state index contributed by atoms with van der Waals surface area (Å²) in [4.78, 5) is 5.10. The Labute approximate surface area is 231 Å². The van der Waals surface area contributed by atoms with Gasteiger partial charge in [-0.1, -0.05) is 54.6 Å². The summed E-state index contributed by atoms with van der Waals surface area (Å²) in [6, 6.07) is 21.2. The van der Waals surface area contributed by atoms with Crippen molar-refractivity contribution < 1.29 is 27.8 Å². The molecule has 1 aliphatic rings. The highest BCUT2D eigenvalue weighted by Gasteiger charge is 2.57. The lowest BCUT2D eigenvalue weighted by molar-refractivity contribution is -0.272. The maximum atomic E-state index is 14.7. The lowest BCUT2D eigenvalue weighted by atomic mass is 9.91. The molecule has 1 aromatic heterocycles. The Morgan fingerprint density at radius 3 is 2.30 bits per heavy atom. The predicted molar refractivity (Wildman–Crippen MR) is 147 cm³/mol. The highest BCUT2D eigenvalue weighted by Crippen LogP contribution is 2.44. The van der Waals surface area contributed by atoms with Crippen molar-refractivity contribution in [3.8, 4) is 11.5 Å². The molecule has 0 amide bonds. The molecule has 9 heteroatoms. The van der Waals surface area contributed by atoms with E-state index in [9.17, 15) is 18.3 Å². The first-order valence-corrected chi connectivity index (χ1v) is 13.1. The van der Waals surface area contributed by atoms with Crippen LogP contribution in [0.15, 0.2) is 79.0 Å². The maximum Gasteiger partial charge on any atom is 0.422 e. The predicted octanol–water partition coefficient (Wildman–Crippen LogP) is 6.54. The van der Waals surface area contributed by atoms with E-state index in [4.69, 9.17) is 16.0 Å². The van der Waals surface area contributed by atoms with Gasteiger partial charge in [0, 0.05) is 48.8 Å². The highest BCUT2D eigenvalue weighted by molar-refractivity contribution is 5.88. The zero-order valence-electron chi connectivity index (χ0n) is 22.1. The molecule has 6 nitrogen and oxygen atoms in total. The molecule has 40 heavy (non-hydrogen) atoms. The number of halogens is 3. The van der Waals surface area contributed by atoms with Crippen LogP contribution in [0.5, 0.6) is 11.5 Å². The number of ether oxygens (including phenoxy) is 2. The fraction of sp³-hybridized carbons (Fsp3) is 0.323. The van der Waals surface area contributed by atoms with Gasteiger partial charge >= 0.3 is 6.18 Å². The third-order valence-electron chi connectivity index (χ3n) is 7.45. The first-order chi connectivity index (χ1) is 19.2. The molecule has 0 saturated carbocycles. The SMILES string of the molecule is [C-]#[N+]c1ccc2c(C(O)(CN3CCC(Oc4ccccc4OC)CC3)C(F)(F)F)cn(Cc3ccccc3)c2c1. The number of alkyl halides is 3. The summed E-state index contributed by atoms with van der Waals surface area (Å²) >= 11 is 0. The number of aliphatic hydroxyl groups is 1. The van der Waals surface area contributed by atoms with E-state index in [2.05, 4.69) is 4.85 Å². The van der Waals surface area contributed by atoms with Gasteiger partial charge in [-0.3, -0.25) is 4.90 Å². The molecule has 4 aromatic rings. The molecular weight excluding hydrogens is 519 g/mol. The number of likely N-dealkylation sites (tertiary alicyclic amines) is 1. The number of hydrogen-bond donors (Lipinski definition) is 1. The number of piperidine rings is 1. The van der Waals surface area contributed by atoms with E-state index in [1.165, 1.54) is 18.3 Å². The Bertz CT molecular complexity index is 1510. The molecule has 2 heterocycles. The minimum atomic E-state index is -4.93. The van der Waals surface area contributed by atoms with E-state index < -0.39 is 18.3 Å². The maximum absolute atomic E-state index is 14.7. The van der Waals surface area contributed by atoms with Gasteiger partial charge in [-0.15, -0.1) is 0 Å². The first kappa shape index (κ1) is 27.6. The molecule has 0 spiro atoms. The smallest absolute Gasteiger partial charge is 0.422 e. The quantitative estimate of drug-likeness (QED) is 0.254. The molecule has 0 aliphatic carbocycles. The second kappa shape index (κ2) is 11.2. The van der Waals surface area contributed by atoms with Gasteiger partial charge in [-0.05, 0) is 36.6 Å². The number of aromatic nitrogens is 1. The normalized spacial score (nSPS) is 16.4. The molecule has 1 atom stereocenters. The van der Waals surface area contributed by atoms with Crippen molar-refractivity contribution in [2.75, 3.05) is 26.7 Å². The van der Waals surface area contributed by atoms with E-state index in [0.29, 0.717) is 55.2 Å². The van der Waals surface area contributed by atoms with Crippen molar-refractivity contribution >= 4 is 16.6 Å². The van der Waals surface area contributed by atoms with Crippen LogP contribution in [0.1, 0.15) is 24.0 Å². The van der Waals surface area contributed by atoms with E-state index in [0.717, 1.165) is 5.56 Å². The van der Waals surface area contributed by atoms with Crippen LogP contribution in [-0.4, -0.2) is 53.6 Å². The van der Waals surface area contributed by atoms with Crippen molar-refractivity contribution in [3.05, 3.63) is 102 Å². The molecule has 1 aliphatic heterocycles. The summed E-state index contributed by atoms with van der Waals surface area (Å²) in [7, 11) is 1.56. The lowest BCUT2D eigenvalue weighted by Gasteiger charge is -2.39. The van der Waals surface area contributed by atoms with E-state index in [-0.39, 0.29) is 17.1 Å². The summed E-state index contributed by atoms with van der Waals surface area (Å²) in [5.41, 5.74) is -1.64. The Hall–Kier alpha value is -4.00. The fourth-order valence-electron chi connectivity index (χ4n) is 5.32. The Morgan fingerprint density at radius 2 is 1.65 bits per heavy atom. The van der Waals surface area contributed by atoms with Crippen molar-refractivity contribution in [1.82, 2.24) is 9.47 Å². The minimum absolute atomic E-state index is 0.175. The van der Waals surface area contributed by atoms with Gasteiger partial charge in [0.25, 0.3) is 0 Å². The molecule has 0 bridgehead atoms. The average molecular weight is 550 g/mol. The number of nitrogens with zero attached hydrogens (tertiary/aromatic N) is 3. The van der Waals surface area contributed by atoms with Crippen LogP contribution in [0, 0.1) is 6.57 Å². The number of benzene rings is 3. The summed E-state index contributed by atoms with van der Waals surface area (Å²) in [6.45, 7) is 7.75. The monoisotopic (exact) mass is 549 g/mol. The van der Waals surface area contributed by atoms with E-state index >= 15 is 0 Å². The average Bonchev–Trinajstić information content (AvgIpc) is 3.32. The summed E-state index contributed by atoms with van der Waals surface area (Å²) in [5, 5.41) is 11.7. The molecule has 208 valence electrons. The number of methoxy groups -OCH3 is 1. The molecule has 1 N–H and O–H groups in total. The van der Waals surface area contributed by atoms with Gasteiger partial charge in [0.15, 0.2) is 17.2 Å². The summed E-state index contributed by atoms with van der Waals surface area (Å²) in [5.74, 6) is 1.20. The van der Waals surface area contributed by atoms with Gasteiger partial charge in [0.05, 0.1) is 13.7 Å². The number of fused-ring (bicyclic) bond motifs is 1. The second-order valence-corrected chi connectivity index (χ2v) is 10.1. The molecule has 0 radical (unpaired) electrons. The van der Waals surface area contributed by atoms with Crippen molar-refractivity contribution in [2.45, 2.75) is 37.3 Å². The van der Waals surface area contributed by atoms with Gasteiger partial charge < -0.3 is 19.1 Å². The van der Waals surface area contributed by atoms with Crippen LogP contribution in [0.3, 0.4) is 0 Å². The van der Waals surface area contributed by atoms with Crippen LogP contribution in [0.2, 0.25) is 0 Å². The van der Waals surface area contributed by atoms with Gasteiger partial charge in [-0.25, -0.2) is 4.85 Å². The first-order valence-electron chi connectivity index (χ1n) is 13.1. The largest absolute Gasteiger partial charge is 0.493 e. The van der Waals surface area contributed by atoms with Crippen LogP contribution in [-0.2, 0) is 12.1 Å². The molecule has 1 unspecified atom stereocenters.